The van der Waals surface area contributed by atoms with E-state index in [9.17, 15) is 4.79 Å². The molecule has 15 heavy (non-hydrogen) atoms. The van der Waals surface area contributed by atoms with E-state index in [1.807, 2.05) is 6.07 Å². The Hall–Kier alpha value is -2.28. The number of nitrogens with one attached hydrogen (secondary N) is 1. The SMILES string of the molecule is C=CCNC(=O)Oc1ccc(C#N)cc1. The fourth-order valence-corrected chi connectivity index (χ4v) is 0.896. The molecule has 0 spiro atoms. The molecule has 0 heterocycles. The molecule has 4 nitrogen and oxygen atoms in total. The van der Waals surface area contributed by atoms with Crippen molar-refractivity contribution in [2.75, 3.05) is 6.54 Å². The zero-order valence-electron chi connectivity index (χ0n) is 8.06. The first-order valence-corrected chi connectivity index (χ1v) is 4.33. The minimum Gasteiger partial charge on any atom is -0.410 e. The summed E-state index contributed by atoms with van der Waals surface area (Å²) in [6.45, 7) is 3.81. The average molecular weight is 202 g/mol. The Balaban J connectivity index is 2.54. The highest BCUT2D eigenvalue weighted by molar-refractivity contribution is 5.70. The van der Waals surface area contributed by atoms with Crippen molar-refractivity contribution >= 4 is 6.09 Å². The highest BCUT2D eigenvalue weighted by Crippen LogP contribution is 2.11. The van der Waals surface area contributed by atoms with Crippen molar-refractivity contribution in [1.29, 1.82) is 5.26 Å². The van der Waals surface area contributed by atoms with Crippen LogP contribution in [-0.2, 0) is 0 Å². The molecule has 1 amide bonds. The van der Waals surface area contributed by atoms with Crippen molar-refractivity contribution in [3.05, 3.63) is 42.5 Å². The molecule has 1 aromatic rings. The number of carbonyl (C=O) groups is 1. The molecule has 0 aliphatic heterocycles. The first kappa shape index (κ1) is 10.8. The second-order valence-corrected chi connectivity index (χ2v) is 2.70. The summed E-state index contributed by atoms with van der Waals surface area (Å²) in [5, 5.41) is 11.0. The number of nitrogens with zero attached hydrogens (tertiary/aromatic N) is 1. The summed E-state index contributed by atoms with van der Waals surface area (Å²) in [5.74, 6) is 0.399. The highest BCUT2D eigenvalue weighted by atomic mass is 16.5. The predicted molar refractivity (Wildman–Crippen MR) is 55.4 cm³/mol. The lowest BCUT2D eigenvalue weighted by molar-refractivity contribution is 0.201. The topological polar surface area (TPSA) is 62.1 Å². The van der Waals surface area contributed by atoms with Crippen LogP contribution in [0.1, 0.15) is 5.56 Å². The monoisotopic (exact) mass is 202 g/mol. The zero-order chi connectivity index (χ0) is 11.1. The van der Waals surface area contributed by atoms with Crippen molar-refractivity contribution in [3.8, 4) is 11.8 Å². The van der Waals surface area contributed by atoms with Crippen LogP contribution >= 0.6 is 0 Å². The molecule has 1 aromatic carbocycles. The number of hydrogen-bond acceptors (Lipinski definition) is 3. The molecule has 0 radical (unpaired) electrons. The standard InChI is InChI=1S/C11H10N2O2/c1-2-7-13-11(14)15-10-5-3-9(8-12)4-6-10/h2-6H,1,7H2,(H,13,14). The normalized spacial score (nSPS) is 8.73. The molecule has 0 atom stereocenters. The molecule has 0 saturated heterocycles. The van der Waals surface area contributed by atoms with E-state index in [4.69, 9.17) is 10.00 Å². The van der Waals surface area contributed by atoms with Gasteiger partial charge in [-0.05, 0) is 24.3 Å². The van der Waals surface area contributed by atoms with E-state index < -0.39 is 6.09 Å². The van der Waals surface area contributed by atoms with Crippen LogP contribution in [0.15, 0.2) is 36.9 Å². The molecule has 0 aliphatic carbocycles. The summed E-state index contributed by atoms with van der Waals surface area (Å²) >= 11 is 0. The maximum atomic E-state index is 11.1. The molecule has 76 valence electrons. The molecule has 1 rings (SSSR count). The van der Waals surface area contributed by atoms with Gasteiger partial charge in [0.2, 0.25) is 0 Å². The Bertz CT molecular complexity index is 390. The van der Waals surface area contributed by atoms with E-state index in [0.29, 0.717) is 17.9 Å². The second kappa shape index (κ2) is 5.45. The van der Waals surface area contributed by atoms with Crippen LogP contribution in [0.2, 0.25) is 0 Å². The first-order valence-electron chi connectivity index (χ1n) is 4.33. The van der Waals surface area contributed by atoms with Gasteiger partial charge in [-0.3, -0.25) is 0 Å². The fourth-order valence-electron chi connectivity index (χ4n) is 0.896. The average Bonchev–Trinajstić information content (AvgIpc) is 2.27. The van der Waals surface area contributed by atoms with Gasteiger partial charge in [0.25, 0.3) is 0 Å². The van der Waals surface area contributed by atoms with E-state index in [1.54, 1.807) is 30.3 Å². The summed E-state index contributed by atoms with van der Waals surface area (Å²) in [6, 6.07) is 8.25. The van der Waals surface area contributed by atoms with Crippen molar-refractivity contribution in [1.82, 2.24) is 5.32 Å². The molecular formula is C11H10N2O2. The molecule has 4 heteroatoms. The van der Waals surface area contributed by atoms with Gasteiger partial charge in [-0.1, -0.05) is 6.08 Å². The van der Waals surface area contributed by atoms with Gasteiger partial charge < -0.3 is 10.1 Å². The molecule has 0 fully saturated rings. The Morgan fingerprint density at radius 3 is 2.73 bits per heavy atom. The van der Waals surface area contributed by atoms with E-state index in [2.05, 4.69) is 11.9 Å². The summed E-state index contributed by atoms with van der Waals surface area (Å²) in [4.78, 5) is 11.1. The van der Waals surface area contributed by atoms with Gasteiger partial charge in [0, 0.05) is 6.54 Å². The van der Waals surface area contributed by atoms with Crippen LogP contribution in [-0.4, -0.2) is 12.6 Å². The first-order chi connectivity index (χ1) is 7.26. The van der Waals surface area contributed by atoms with E-state index in [0.717, 1.165) is 0 Å². The van der Waals surface area contributed by atoms with E-state index in [-0.39, 0.29) is 0 Å². The maximum absolute atomic E-state index is 11.1. The number of carbonyl (C=O) groups excluding carboxylic acids is 1. The van der Waals surface area contributed by atoms with Crippen LogP contribution in [0.5, 0.6) is 5.75 Å². The third-order valence-electron chi connectivity index (χ3n) is 1.58. The summed E-state index contributed by atoms with van der Waals surface area (Å²) in [5.41, 5.74) is 0.522. The Morgan fingerprint density at radius 2 is 2.20 bits per heavy atom. The van der Waals surface area contributed by atoms with Gasteiger partial charge in [0.05, 0.1) is 11.6 Å². The van der Waals surface area contributed by atoms with Crippen LogP contribution < -0.4 is 10.1 Å². The minimum absolute atomic E-state index is 0.356. The number of rotatable bonds is 3. The highest BCUT2D eigenvalue weighted by Gasteiger charge is 2.01. The summed E-state index contributed by atoms with van der Waals surface area (Å²) < 4.78 is 4.91. The van der Waals surface area contributed by atoms with E-state index >= 15 is 0 Å². The molecule has 0 saturated carbocycles. The molecule has 0 aromatic heterocycles. The van der Waals surface area contributed by atoms with Crippen LogP contribution in [0, 0.1) is 11.3 Å². The number of benzene rings is 1. The third-order valence-corrected chi connectivity index (χ3v) is 1.58. The second-order valence-electron chi connectivity index (χ2n) is 2.70. The minimum atomic E-state index is -0.542. The largest absolute Gasteiger partial charge is 0.412 e. The Morgan fingerprint density at radius 1 is 1.53 bits per heavy atom. The molecule has 1 N–H and O–H groups in total. The number of nitriles is 1. The van der Waals surface area contributed by atoms with Gasteiger partial charge in [0.1, 0.15) is 5.75 Å². The number of hydrogen-bond donors (Lipinski definition) is 1. The summed E-state index contributed by atoms with van der Waals surface area (Å²) in [6.07, 6.45) is 1.01. The van der Waals surface area contributed by atoms with Gasteiger partial charge in [-0.25, -0.2) is 4.79 Å². The van der Waals surface area contributed by atoms with Crippen molar-refractivity contribution in [2.45, 2.75) is 0 Å². The number of amides is 1. The predicted octanol–water partition coefficient (Wildman–Crippen LogP) is 1.83. The van der Waals surface area contributed by atoms with Crippen LogP contribution in [0.3, 0.4) is 0 Å². The van der Waals surface area contributed by atoms with Crippen LogP contribution in [0.25, 0.3) is 0 Å². The summed E-state index contributed by atoms with van der Waals surface area (Å²) in [7, 11) is 0. The van der Waals surface area contributed by atoms with Crippen molar-refractivity contribution in [2.24, 2.45) is 0 Å². The lowest BCUT2D eigenvalue weighted by Crippen LogP contribution is -2.26. The maximum Gasteiger partial charge on any atom is 0.412 e. The lowest BCUT2D eigenvalue weighted by atomic mass is 10.2. The van der Waals surface area contributed by atoms with Gasteiger partial charge in [-0.15, -0.1) is 6.58 Å². The van der Waals surface area contributed by atoms with Gasteiger partial charge >= 0.3 is 6.09 Å². The Kier molecular flexibility index (Phi) is 3.92. The lowest BCUT2D eigenvalue weighted by Gasteiger charge is -2.04. The van der Waals surface area contributed by atoms with Crippen molar-refractivity contribution in [3.63, 3.8) is 0 Å². The zero-order valence-corrected chi connectivity index (χ0v) is 8.06. The third kappa shape index (κ3) is 3.53. The van der Waals surface area contributed by atoms with Gasteiger partial charge in [-0.2, -0.15) is 5.26 Å². The molecular weight excluding hydrogens is 192 g/mol. The molecule has 0 unspecified atom stereocenters. The van der Waals surface area contributed by atoms with Crippen molar-refractivity contribution < 1.29 is 9.53 Å². The quantitative estimate of drug-likeness (QED) is 0.760. The van der Waals surface area contributed by atoms with E-state index in [1.165, 1.54) is 0 Å². The smallest absolute Gasteiger partial charge is 0.410 e. The van der Waals surface area contributed by atoms with Crippen LogP contribution in [0.4, 0.5) is 4.79 Å². The fraction of sp³-hybridized carbons (Fsp3) is 0.0909. The molecule has 0 aliphatic rings. The van der Waals surface area contributed by atoms with Gasteiger partial charge in [0.15, 0.2) is 0 Å². The number of ether oxygens (including phenoxy) is 1. The Labute approximate surface area is 87.8 Å². The molecule has 0 bridgehead atoms.